The maximum Gasteiger partial charge on any atom is 0.139 e. The van der Waals surface area contributed by atoms with Crippen LogP contribution in [-0.4, -0.2) is 15.8 Å². The SMILES string of the molecule is CC(=O)CCc1csc(-c2ccc[nH]2)n1. The van der Waals surface area contributed by atoms with Gasteiger partial charge in [-0.3, -0.25) is 0 Å². The minimum atomic E-state index is 0.212. The molecule has 0 saturated heterocycles. The van der Waals surface area contributed by atoms with Gasteiger partial charge in [-0.1, -0.05) is 0 Å². The number of hydrogen-bond donors (Lipinski definition) is 1. The van der Waals surface area contributed by atoms with Crippen LogP contribution in [0.15, 0.2) is 23.7 Å². The van der Waals surface area contributed by atoms with E-state index in [2.05, 4.69) is 9.97 Å². The molecule has 0 amide bonds. The number of H-pyrrole nitrogens is 1. The van der Waals surface area contributed by atoms with Crippen molar-refractivity contribution in [3.05, 3.63) is 29.4 Å². The van der Waals surface area contributed by atoms with Crippen molar-refractivity contribution in [1.29, 1.82) is 0 Å². The number of thiazole rings is 1. The molecule has 2 aromatic heterocycles. The van der Waals surface area contributed by atoms with E-state index in [0.29, 0.717) is 6.42 Å². The largest absolute Gasteiger partial charge is 0.359 e. The number of nitrogens with one attached hydrogen (secondary N) is 1. The summed E-state index contributed by atoms with van der Waals surface area (Å²) in [5.41, 5.74) is 2.04. The predicted octanol–water partition coefficient (Wildman–Crippen LogP) is 2.66. The van der Waals surface area contributed by atoms with Crippen molar-refractivity contribution in [1.82, 2.24) is 9.97 Å². The van der Waals surface area contributed by atoms with Gasteiger partial charge in [0.25, 0.3) is 0 Å². The van der Waals surface area contributed by atoms with Crippen LogP contribution in [0, 0.1) is 0 Å². The first-order valence-electron chi connectivity index (χ1n) is 4.83. The van der Waals surface area contributed by atoms with Gasteiger partial charge in [-0.2, -0.15) is 0 Å². The molecule has 0 aliphatic carbocycles. The van der Waals surface area contributed by atoms with Crippen LogP contribution in [-0.2, 0) is 11.2 Å². The minimum Gasteiger partial charge on any atom is -0.359 e. The number of carbonyl (C=O) groups is 1. The normalized spacial score (nSPS) is 10.5. The van der Waals surface area contributed by atoms with Crippen molar-refractivity contribution in [2.24, 2.45) is 0 Å². The van der Waals surface area contributed by atoms with E-state index in [1.54, 1.807) is 18.3 Å². The van der Waals surface area contributed by atoms with Crippen molar-refractivity contribution in [2.75, 3.05) is 0 Å². The Labute approximate surface area is 92.2 Å². The lowest BCUT2D eigenvalue weighted by molar-refractivity contribution is -0.116. The van der Waals surface area contributed by atoms with Gasteiger partial charge in [0.2, 0.25) is 0 Å². The zero-order valence-electron chi connectivity index (χ0n) is 8.49. The van der Waals surface area contributed by atoms with Gasteiger partial charge in [-0.05, 0) is 25.5 Å². The van der Waals surface area contributed by atoms with Crippen LogP contribution in [0.25, 0.3) is 10.7 Å². The topological polar surface area (TPSA) is 45.8 Å². The first-order chi connectivity index (χ1) is 7.25. The molecule has 0 bridgehead atoms. The second-order valence-corrected chi connectivity index (χ2v) is 4.29. The Hall–Kier alpha value is -1.42. The summed E-state index contributed by atoms with van der Waals surface area (Å²) in [4.78, 5) is 18.4. The van der Waals surface area contributed by atoms with Crippen molar-refractivity contribution >= 4 is 17.1 Å². The molecule has 0 atom stereocenters. The molecular weight excluding hydrogens is 208 g/mol. The minimum absolute atomic E-state index is 0.212. The molecule has 15 heavy (non-hydrogen) atoms. The van der Waals surface area contributed by atoms with Gasteiger partial charge in [0.05, 0.1) is 11.4 Å². The molecule has 2 rings (SSSR count). The van der Waals surface area contributed by atoms with E-state index in [9.17, 15) is 4.79 Å². The molecule has 2 heterocycles. The smallest absolute Gasteiger partial charge is 0.139 e. The summed E-state index contributed by atoms with van der Waals surface area (Å²) in [6, 6.07) is 3.94. The number of rotatable bonds is 4. The summed E-state index contributed by atoms with van der Waals surface area (Å²) < 4.78 is 0. The van der Waals surface area contributed by atoms with Gasteiger partial charge in [-0.15, -0.1) is 11.3 Å². The van der Waals surface area contributed by atoms with Gasteiger partial charge in [-0.25, -0.2) is 4.98 Å². The average Bonchev–Trinajstić information content (AvgIpc) is 2.85. The van der Waals surface area contributed by atoms with Crippen molar-refractivity contribution in [3.8, 4) is 10.7 Å². The molecule has 3 nitrogen and oxygen atoms in total. The summed E-state index contributed by atoms with van der Waals surface area (Å²) in [6.07, 6.45) is 3.20. The van der Waals surface area contributed by atoms with Crippen LogP contribution in [0.2, 0.25) is 0 Å². The second-order valence-electron chi connectivity index (χ2n) is 3.43. The number of Topliss-reactive ketones (excluding diaryl/α,β-unsaturated/α-hetero) is 1. The number of nitrogens with zero attached hydrogens (tertiary/aromatic N) is 1. The van der Waals surface area contributed by atoms with Gasteiger partial charge in [0.15, 0.2) is 0 Å². The average molecular weight is 220 g/mol. The molecule has 0 saturated carbocycles. The molecule has 0 aromatic carbocycles. The standard InChI is InChI=1S/C11H12N2OS/c1-8(14)4-5-9-7-15-11(13-9)10-3-2-6-12-10/h2-3,6-7,12H,4-5H2,1H3. The highest BCUT2D eigenvalue weighted by molar-refractivity contribution is 7.13. The molecular formula is C11H12N2OS. The molecule has 0 radical (unpaired) electrons. The van der Waals surface area contributed by atoms with Crippen molar-refractivity contribution < 1.29 is 4.79 Å². The van der Waals surface area contributed by atoms with E-state index >= 15 is 0 Å². The lowest BCUT2D eigenvalue weighted by Crippen LogP contribution is -1.94. The van der Waals surface area contributed by atoms with E-state index in [1.807, 2.05) is 23.7 Å². The van der Waals surface area contributed by atoms with Crippen LogP contribution in [0.3, 0.4) is 0 Å². The van der Waals surface area contributed by atoms with Crippen molar-refractivity contribution in [2.45, 2.75) is 19.8 Å². The fourth-order valence-corrected chi connectivity index (χ4v) is 2.16. The number of aromatic nitrogens is 2. The van der Waals surface area contributed by atoms with Crippen LogP contribution in [0.5, 0.6) is 0 Å². The Balaban J connectivity index is 2.08. The monoisotopic (exact) mass is 220 g/mol. The second kappa shape index (κ2) is 4.40. The molecule has 0 unspecified atom stereocenters. The first-order valence-corrected chi connectivity index (χ1v) is 5.71. The number of carbonyl (C=O) groups excluding carboxylic acids is 1. The predicted molar refractivity (Wildman–Crippen MR) is 60.9 cm³/mol. The van der Waals surface area contributed by atoms with E-state index in [-0.39, 0.29) is 5.78 Å². The van der Waals surface area contributed by atoms with Crippen LogP contribution in [0.1, 0.15) is 19.0 Å². The Morgan fingerprint density at radius 3 is 3.13 bits per heavy atom. The molecule has 78 valence electrons. The lowest BCUT2D eigenvalue weighted by atomic mass is 10.2. The summed E-state index contributed by atoms with van der Waals surface area (Å²) in [7, 11) is 0. The van der Waals surface area contributed by atoms with Crippen LogP contribution < -0.4 is 0 Å². The van der Waals surface area contributed by atoms with Gasteiger partial charge < -0.3 is 9.78 Å². The highest BCUT2D eigenvalue weighted by Gasteiger charge is 2.05. The zero-order chi connectivity index (χ0) is 10.7. The molecule has 0 fully saturated rings. The van der Waals surface area contributed by atoms with Gasteiger partial charge >= 0.3 is 0 Å². The van der Waals surface area contributed by atoms with Crippen LogP contribution in [0.4, 0.5) is 0 Å². The third-order valence-electron chi connectivity index (χ3n) is 2.11. The number of aromatic amines is 1. The van der Waals surface area contributed by atoms with Gasteiger partial charge in [0.1, 0.15) is 10.8 Å². The third kappa shape index (κ3) is 2.53. The summed E-state index contributed by atoms with van der Waals surface area (Å²) in [6.45, 7) is 1.61. The van der Waals surface area contributed by atoms with E-state index in [0.717, 1.165) is 22.8 Å². The Morgan fingerprint density at radius 1 is 1.60 bits per heavy atom. The summed E-state index contributed by atoms with van der Waals surface area (Å²) in [5, 5.41) is 3.00. The molecule has 4 heteroatoms. The van der Waals surface area contributed by atoms with Crippen LogP contribution >= 0.6 is 11.3 Å². The maximum absolute atomic E-state index is 10.8. The Bertz CT molecular complexity index is 445. The summed E-state index contributed by atoms with van der Waals surface area (Å²) >= 11 is 1.61. The maximum atomic E-state index is 10.8. The number of aryl methyl sites for hydroxylation is 1. The van der Waals surface area contributed by atoms with E-state index < -0.39 is 0 Å². The Morgan fingerprint density at radius 2 is 2.47 bits per heavy atom. The lowest BCUT2D eigenvalue weighted by Gasteiger charge is -1.92. The van der Waals surface area contributed by atoms with E-state index in [1.165, 1.54) is 0 Å². The van der Waals surface area contributed by atoms with E-state index in [4.69, 9.17) is 0 Å². The summed E-state index contributed by atoms with van der Waals surface area (Å²) in [5.74, 6) is 0.212. The fraction of sp³-hybridized carbons (Fsp3) is 0.273. The molecule has 2 aromatic rings. The molecule has 0 aliphatic heterocycles. The molecule has 0 spiro atoms. The highest BCUT2D eigenvalue weighted by Crippen LogP contribution is 2.22. The molecule has 0 aliphatic rings. The molecule has 1 N–H and O–H groups in total. The van der Waals surface area contributed by atoms with Gasteiger partial charge in [0, 0.05) is 18.0 Å². The zero-order valence-corrected chi connectivity index (χ0v) is 9.30. The fourth-order valence-electron chi connectivity index (χ4n) is 1.31. The number of ketones is 1. The Kier molecular flexibility index (Phi) is 2.97. The third-order valence-corrected chi connectivity index (χ3v) is 3.04. The first kappa shape index (κ1) is 10.1. The highest BCUT2D eigenvalue weighted by atomic mass is 32.1. The van der Waals surface area contributed by atoms with Crippen molar-refractivity contribution in [3.63, 3.8) is 0 Å². The number of hydrogen-bond acceptors (Lipinski definition) is 3. The quantitative estimate of drug-likeness (QED) is 0.861.